The van der Waals surface area contributed by atoms with Gasteiger partial charge in [0.05, 0.1) is 0 Å². The molecule has 0 bridgehead atoms. The van der Waals surface area contributed by atoms with Crippen molar-refractivity contribution in [3.8, 4) is 11.5 Å². The summed E-state index contributed by atoms with van der Waals surface area (Å²) in [7, 11) is 0. The summed E-state index contributed by atoms with van der Waals surface area (Å²) in [4.78, 5) is 2.54. The molecular formula is C20H31NO2. The predicted molar refractivity (Wildman–Crippen MR) is 94.4 cm³/mol. The van der Waals surface area contributed by atoms with E-state index in [-0.39, 0.29) is 11.5 Å². The molecule has 0 amide bonds. The molecule has 0 spiro atoms. The zero-order chi connectivity index (χ0) is 16.6. The highest BCUT2D eigenvalue weighted by Crippen LogP contribution is 2.36. The normalized spacial score (nSPS) is 28.7. The summed E-state index contributed by atoms with van der Waals surface area (Å²) in [5.41, 5.74) is 1.42. The maximum Gasteiger partial charge on any atom is 0.161 e. The van der Waals surface area contributed by atoms with Crippen LogP contribution in [0.2, 0.25) is 0 Å². The van der Waals surface area contributed by atoms with Gasteiger partial charge in [-0.3, -0.25) is 4.90 Å². The minimum atomic E-state index is 0.134. The summed E-state index contributed by atoms with van der Waals surface area (Å²) >= 11 is 0. The Morgan fingerprint density at radius 2 is 1.78 bits per heavy atom. The summed E-state index contributed by atoms with van der Waals surface area (Å²) in [5.74, 6) is 3.36. The monoisotopic (exact) mass is 317 g/mol. The number of nitrogens with zero attached hydrogens (tertiary/aromatic N) is 1. The van der Waals surface area contributed by atoms with Crippen molar-refractivity contribution in [3.05, 3.63) is 23.8 Å². The molecule has 1 aromatic carbocycles. The van der Waals surface area contributed by atoms with E-state index in [1.54, 1.807) is 0 Å². The molecule has 128 valence electrons. The highest BCUT2D eigenvalue weighted by molar-refractivity contribution is 5.45. The second kappa shape index (κ2) is 6.35. The molecule has 1 aromatic rings. The van der Waals surface area contributed by atoms with Crippen molar-refractivity contribution in [3.63, 3.8) is 0 Å². The molecule has 1 fully saturated rings. The van der Waals surface area contributed by atoms with Crippen molar-refractivity contribution in [2.45, 2.75) is 52.6 Å². The van der Waals surface area contributed by atoms with Crippen molar-refractivity contribution in [2.24, 2.45) is 11.8 Å². The third-order valence-electron chi connectivity index (χ3n) is 4.93. The fourth-order valence-electron chi connectivity index (χ4n) is 3.90. The van der Waals surface area contributed by atoms with Crippen LogP contribution >= 0.6 is 0 Å². The zero-order valence-corrected chi connectivity index (χ0v) is 15.3. The Morgan fingerprint density at radius 3 is 2.43 bits per heavy atom. The number of rotatable bonds is 2. The van der Waals surface area contributed by atoms with Gasteiger partial charge in [-0.15, -0.1) is 0 Å². The van der Waals surface area contributed by atoms with E-state index in [0.29, 0.717) is 6.61 Å². The Kier molecular flexibility index (Phi) is 4.59. The lowest BCUT2D eigenvalue weighted by atomic mass is 9.87. The van der Waals surface area contributed by atoms with Crippen molar-refractivity contribution >= 4 is 0 Å². The van der Waals surface area contributed by atoms with Crippen LogP contribution < -0.4 is 9.47 Å². The molecule has 2 heterocycles. The van der Waals surface area contributed by atoms with Gasteiger partial charge in [0.15, 0.2) is 11.5 Å². The van der Waals surface area contributed by atoms with Crippen molar-refractivity contribution in [2.75, 3.05) is 26.2 Å². The molecule has 0 aliphatic carbocycles. The Labute approximate surface area is 141 Å². The first-order chi connectivity index (χ1) is 10.8. The van der Waals surface area contributed by atoms with E-state index in [1.807, 2.05) is 0 Å². The molecule has 0 radical (unpaired) electrons. The molecule has 3 heteroatoms. The van der Waals surface area contributed by atoms with Gasteiger partial charge in [-0.1, -0.05) is 40.7 Å². The predicted octanol–water partition coefficient (Wildman–Crippen LogP) is 4.10. The van der Waals surface area contributed by atoms with Crippen LogP contribution in [0.1, 0.15) is 46.6 Å². The first-order valence-corrected chi connectivity index (χ1v) is 8.97. The molecule has 3 nitrogen and oxygen atoms in total. The molecule has 0 aromatic heterocycles. The van der Waals surface area contributed by atoms with E-state index in [1.165, 1.54) is 25.1 Å². The van der Waals surface area contributed by atoms with Crippen molar-refractivity contribution in [1.82, 2.24) is 4.90 Å². The fraction of sp³-hybridized carbons (Fsp3) is 0.700. The first-order valence-electron chi connectivity index (χ1n) is 8.97. The van der Waals surface area contributed by atoms with Gasteiger partial charge in [-0.05, 0) is 41.4 Å². The summed E-state index contributed by atoms with van der Waals surface area (Å²) in [6.45, 7) is 15.4. The lowest BCUT2D eigenvalue weighted by Crippen LogP contribution is -2.46. The quantitative estimate of drug-likeness (QED) is 0.819. The standard InChI is InChI=1S/C20H31NO2/c1-14-8-15(2)11-21(10-14)12-17-13-22-19-9-16(20(3,4)5)6-7-18(19)23-17/h6-7,9,14-15,17H,8,10-13H2,1-5H3. The average molecular weight is 317 g/mol. The van der Waals surface area contributed by atoms with Crippen LogP contribution in [-0.2, 0) is 5.41 Å². The van der Waals surface area contributed by atoms with Crippen molar-refractivity contribution in [1.29, 1.82) is 0 Å². The van der Waals surface area contributed by atoms with E-state index >= 15 is 0 Å². The number of ether oxygens (including phenoxy) is 2. The highest BCUT2D eigenvalue weighted by atomic mass is 16.6. The van der Waals surface area contributed by atoms with Gasteiger partial charge in [0.2, 0.25) is 0 Å². The lowest BCUT2D eigenvalue weighted by Gasteiger charge is -2.38. The number of hydrogen-bond donors (Lipinski definition) is 0. The Bertz CT molecular complexity index is 539. The molecule has 2 aliphatic rings. The van der Waals surface area contributed by atoms with Crippen LogP contribution in [0.5, 0.6) is 11.5 Å². The minimum absolute atomic E-state index is 0.134. The number of hydrogen-bond acceptors (Lipinski definition) is 3. The van der Waals surface area contributed by atoms with Gasteiger partial charge in [-0.2, -0.15) is 0 Å². The number of benzene rings is 1. The van der Waals surface area contributed by atoms with Gasteiger partial charge in [0.1, 0.15) is 12.7 Å². The van der Waals surface area contributed by atoms with Crippen LogP contribution in [0.4, 0.5) is 0 Å². The van der Waals surface area contributed by atoms with E-state index in [0.717, 1.165) is 29.9 Å². The summed E-state index contributed by atoms with van der Waals surface area (Å²) in [5, 5.41) is 0. The van der Waals surface area contributed by atoms with Gasteiger partial charge < -0.3 is 9.47 Å². The maximum atomic E-state index is 6.21. The summed E-state index contributed by atoms with van der Waals surface area (Å²) in [6, 6.07) is 6.37. The number of likely N-dealkylation sites (tertiary alicyclic amines) is 1. The molecule has 3 atom stereocenters. The Balaban J connectivity index is 1.64. The minimum Gasteiger partial charge on any atom is -0.486 e. The summed E-state index contributed by atoms with van der Waals surface area (Å²) in [6.07, 6.45) is 1.48. The Hall–Kier alpha value is -1.22. The highest BCUT2D eigenvalue weighted by Gasteiger charge is 2.28. The van der Waals surface area contributed by atoms with Crippen LogP contribution in [-0.4, -0.2) is 37.2 Å². The number of fused-ring (bicyclic) bond motifs is 1. The van der Waals surface area contributed by atoms with Crippen LogP contribution in [0.3, 0.4) is 0 Å². The molecule has 0 saturated carbocycles. The van der Waals surface area contributed by atoms with Crippen LogP contribution in [0.25, 0.3) is 0 Å². The first kappa shape index (κ1) is 16.6. The smallest absolute Gasteiger partial charge is 0.161 e. The van der Waals surface area contributed by atoms with Gasteiger partial charge in [0, 0.05) is 19.6 Å². The van der Waals surface area contributed by atoms with Crippen LogP contribution in [0.15, 0.2) is 18.2 Å². The molecule has 2 aliphatic heterocycles. The van der Waals surface area contributed by atoms with E-state index in [9.17, 15) is 0 Å². The molecular weight excluding hydrogens is 286 g/mol. The van der Waals surface area contributed by atoms with E-state index < -0.39 is 0 Å². The fourth-order valence-corrected chi connectivity index (χ4v) is 3.90. The largest absolute Gasteiger partial charge is 0.486 e. The topological polar surface area (TPSA) is 21.7 Å². The lowest BCUT2D eigenvalue weighted by molar-refractivity contribution is 0.0372. The molecule has 1 saturated heterocycles. The zero-order valence-electron chi connectivity index (χ0n) is 15.3. The third kappa shape index (κ3) is 4.00. The van der Waals surface area contributed by atoms with E-state index in [4.69, 9.17) is 9.47 Å². The van der Waals surface area contributed by atoms with Crippen LogP contribution in [0, 0.1) is 11.8 Å². The Morgan fingerprint density at radius 1 is 1.09 bits per heavy atom. The van der Waals surface area contributed by atoms with Crippen molar-refractivity contribution < 1.29 is 9.47 Å². The second-order valence-corrected chi connectivity index (χ2v) is 8.63. The maximum absolute atomic E-state index is 6.21. The third-order valence-corrected chi connectivity index (χ3v) is 4.93. The SMILES string of the molecule is CC1CC(C)CN(CC2COc3cc(C(C)(C)C)ccc3O2)C1. The number of piperidine rings is 1. The van der Waals surface area contributed by atoms with Gasteiger partial charge in [0.25, 0.3) is 0 Å². The summed E-state index contributed by atoms with van der Waals surface area (Å²) < 4.78 is 12.2. The second-order valence-electron chi connectivity index (χ2n) is 8.63. The molecule has 23 heavy (non-hydrogen) atoms. The molecule has 0 N–H and O–H groups in total. The average Bonchev–Trinajstić information content (AvgIpc) is 2.44. The molecule has 3 rings (SSSR count). The van der Waals surface area contributed by atoms with Gasteiger partial charge >= 0.3 is 0 Å². The molecule has 3 unspecified atom stereocenters. The van der Waals surface area contributed by atoms with E-state index in [2.05, 4.69) is 57.7 Å². The van der Waals surface area contributed by atoms with Gasteiger partial charge in [-0.25, -0.2) is 0 Å².